The summed E-state index contributed by atoms with van der Waals surface area (Å²) in [7, 11) is 0. The molecule has 1 heterocycles. The molecule has 1 aromatic rings. The largest absolute Gasteiger partial charge is 0.419 e. The highest BCUT2D eigenvalue weighted by Gasteiger charge is 2.36. The fourth-order valence-electron chi connectivity index (χ4n) is 4.14. The minimum atomic E-state index is -4.64. The molecule has 0 unspecified atom stereocenters. The Morgan fingerprint density at radius 1 is 1.00 bits per heavy atom. The van der Waals surface area contributed by atoms with Crippen molar-refractivity contribution >= 4 is 24.8 Å². The van der Waals surface area contributed by atoms with Gasteiger partial charge < -0.3 is 5.32 Å². The number of hydrogen-bond acceptors (Lipinski definition) is 2. The first-order valence-corrected chi connectivity index (χ1v) is 8.78. The standard InChI is InChI=1S/C18H24F4N2.2ClH/c19-16-12-14(6-7-15(16)18(20,21)22)17(13-4-2-1-3-5-13)24-10-8-23-9-11-24;;/h6-7,12-13,17,23H,1-5,8-11H2;2*1H/t17-;;/m0../s1. The van der Waals surface area contributed by atoms with Crippen molar-refractivity contribution in [2.45, 2.75) is 44.3 Å². The van der Waals surface area contributed by atoms with Crippen LogP contribution in [0.2, 0.25) is 0 Å². The summed E-state index contributed by atoms with van der Waals surface area (Å²) in [6.45, 7) is 3.44. The lowest BCUT2D eigenvalue weighted by molar-refractivity contribution is -0.140. The van der Waals surface area contributed by atoms with Crippen molar-refractivity contribution in [2.24, 2.45) is 5.92 Å². The molecule has 1 N–H and O–H groups in total. The van der Waals surface area contributed by atoms with E-state index in [0.717, 1.165) is 64.0 Å². The van der Waals surface area contributed by atoms with Crippen molar-refractivity contribution in [1.29, 1.82) is 0 Å². The van der Waals surface area contributed by atoms with Gasteiger partial charge in [0.05, 0.1) is 5.56 Å². The first kappa shape index (κ1) is 23.5. The Bertz CT molecular complexity index is 539. The molecule has 1 aromatic carbocycles. The van der Waals surface area contributed by atoms with Gasteiger partial charge in [-0.2, -0.15) is 13.2 Å². The lowest BCUT2D eigenvalue weighted by Crippen LogP contribution is -2.47. The van der Waals surface area contributed by atoms with Crippen molar-refractivity contribution in [2.75, 3.05) is 26.2 Å². The van der Waals surface area contributed by atoms with Crippen molar-refractivity contribution in [3.63, 3.8) is 0 Å². The molecular formula is C18H26Cl2F4N2. The zero-order chi connectivity index (χ0) is 17.2. The number of nitrogens with zero attached hydrogens (tertiary/aromatic N) is 1. The molecule has 0 spiro atoms. The summed E-state index contributed by atoms with van der Waals surface area (Å²) in [6.07, 6.45) is 1.01. The van der Waals surface area contributed by atoms with Crippen LogP contribution in [0.25, 0.3) is 0 Å². The molecule has 2 nitrogen and oxygen atoms in total. The Hall–Kier alpha value is -0.560. The number of nitrogens with one attached hydrogen (secondary N) is 1. The number of hydrogen-bond donors (Lipinski definition) is 1. The van der Waals surface area contributed by atoms with Crippen LogP contribution in [0.1, 0.15) is 49.3 Å². The number of benzene rings is 1. The van der Waals surface area contributed by atoms with Crippen molar-refractivity contribution in [1.82, 2.24) is 10.2 Å². The molecule has 1 aliphatic heterocycles. The Labute approximate surface area is 164 Å². The SMILES string of the molecule is Cl.Cl.Fc1cc([C@H](C2CCCCC2)N2CCNCC2)ccc1C(F)(F)F. The molecule has 1 saturated carbocycles. The summed E-state index contributed by atoms with van der Waals surface area (Å²) >= 11 is 0. The lowest BCUT2D eigenvalue weighted by Gasteiger charge is -2.41. The molecule has 1 atom stereocenters. The molecule has 8 heteroatoms. The van der Waals surface area contributed by atoms with Gasteiger partial charge in [0.2, 0.25) is 0 Å². The Kier molecular flexibility index (Phi) is 9.13. The van der Waals surface area contributed by atoms with Gasteiger partial charge in [0.15, 0.2) is 0 Å². The molecule has 0 bridgehead atoms. The zero-order valence-electron chi connectivity index (χ0n) is 14.5. The van der Waals surface area contributed by atoms with Crippen LogP contribution in [0.3, 0.4) is 0 Å². The highest BCUT2D eigenvalue weighted by molar-refractivity contribution is 5.85. The number of halogens is 6. The summed E-state index contributed by atoms with van der Waals surface area (Å²) in [5.41, 5.74) is -0.483. The van der Waals surface area contributed by atoms with Gasteiger partial charge in [-0.05, 0) is 36.5 Å². The van der Waals surface area contributed by atoms with E-state index in [4.69, 9.17) is 0 Å². The molecule has 26 heavy (non-hydrogen) atoms. The molecule has 0 amide bonds. The van der Waals surface area contributed by atoms with Crippen molar-refractivity contribution < 1.29 is 17.6 Å². The van der Waals surface area contributed by atoms with Gasteiger partial charge in [0.25, 0.3) is 0 Å². The predicted octanol–water partition coefficient (Wildman–Crippen LogP) is 5.21. The molecule has 0 radical (unpaired) electrons. The van der Waals surface area contributed by atoms with Gasteiger partial charge in [-0.25, -0.2) is 4.39 Å². The second-order valence-electron chi connectivity index (χ2n) is 6.87. The number of alkyl halides is 3. The summed E-state index contributed by atoms with van der Waals surface area (Å²) in [5, 5.41) is 3.30. The van der Waals surface area contributed by atoms with E-state index in [1.54, 1.807) is 0 Å². The highest BCUT2D eigenvalue weighted by Crippen LogP contribution is 2.40. The molecule has 1 aliphatic carbocycles. The molecule has 1 saturated heterocycles. The molecule has 2 fully saturated rings. The average molecular weight is 417 g/mol. The third kappa shape index (κ3) is 5.47. The van der Waals surface area contributed by atoms with Crippen LogP contribution in [-0.4, -0.2) is 31.1 Å². The van der Waals surface area contributed by atoms with E-state index in [0.29, 0.717) is 11.5 Å². The Balaban J connectivity index is 0.00000169. The van der Waals surface area contributed by atoms with E-state index in [1.807, 2.05) is 0 Å². The van der Waals surface area contributed by atoms with E-state index in [-0.39, 0.29) is 30.9 Å². The van der Waals surface area contributed by atoms with Crippen LogP contribution in [0.15, 0.2) is 18.2 Å². The van der Waals surface area contributed by atoms with Crippen LogP contribution < -0.4 is 5.32 Å². The van der Waals surface area contributed by atoms with Crippen molar-refractivity contribution in [3.05, 3.63) is 35.1 Å². The second-order valence-corrected chi connectivity index (χ2v) is 6.87. The first-order chi connectivity index (χ1) is 11.5. The van der Waals surface area contributed by atoms with E-state index in [2.05, 4.69) is 10.2 Å². The van der Waals surface area contributed by atoms with E-state index in [1.165, 1.54) is 12.5 Å². The lowest BCUT2D eigenvalue weighted by atomic mass is 9.80. The molecule has 0 aromatic heterocycles. The highest BCUT2D eigenvalue weighted by atomic mass is 35.5. The minimum absolute atomic E-state index is 0. The van der Waals surface area contributed by atoms with Gasteiger partial charge in [-0.15, -0.1) is 24.8 Å². The van der Waals surface area contributed by atoms with E-state index < -0.39 is 17.6 Å². The summed E-state index contributed by atoms with van der Waals surface area (Å²) in [4.78, 5) is 2.31. The third-order valence-electron chi connectivity index (χ3n) is 5.28. The number of rotatable bonds is 3. The molecule has 3 rings (SSSR count). The topological polar surface area (TPSA) is 15.3 Å². The predicted molar refractivity (Wildman–Crippen MR) is 99.7 cm³/mol. The van der Waals surface area contributed by atoms with Crippen LogP contribution in [-0.2, 0) is 6.18 Å². The maximum absolute atomic E-state index is 14.1. The van der Waals surface area contributed by atoms with E-state index in [9.17, 15) is 17.6 Å². The molecular weight excluding hydrogens is 391 g/mol. The summed E-state index contributed by atoms with van der Waals surface area (Å²) in [5.74, 6) is -0.760. The second kappa shape index (κ2) is 10.1. The maximum atomic E-state index is 14.1. The first-order valence-electron chi connectivity index (χ1n) is 8.78. The fraction of sp³-hybridized carbons (Fsp3) is 0.667. The van der Waals surface area contributed by atoms with Gasteiger partial charge in [-0.1, -0.05) is 25.3 Å². The maximum Gasteiger partial charge on any atom is 0.419 e. The van der Waals surface area contributed by atoms with Gasteiger partial charge in [0, 0.05) is 32.2 Å². The summed E-state index contributed by atoms with van der Waals surface area (Å²) in [6, 6.07) is 3.52. The summed E-state index contributed by atoms with van der Waals surface area (Å²) < 4.78 is 52.6. The Morgan fingerprint density at radius 3 is 2.15 bits per heavy atom. The molecule has 150 valence electrons. The number of piperazine rings is 1. The van der Waals surface area contributed by atoms with Crippen LogP contribution >= 0.6 is 24.8 Å². The van der Waals surface area contributed by atoms with Crippen LogP contribution in [0.4, 0.5) is 17.6 Å². The van der Waals surface area contributed by atoms with Gasteiger partial charge >= 0.3 is 6.18 Å². The van der Waals surface area contributed by atoms with E-state index >= 15 is 0 Å². The van der Waals surface area contributed by atoms with Crippen LogP contribution in [0, 0.1) is 11.7 Å². The third-order valence-corrected chi connectivity index (χ3v) is 5.28. The van der Waals surface area contributed by atoms with Crippen LogP contribution in [0.5, 0.6) is 0 Å². The van der Waals surface area contributed by atoms with Gasteiger partial charge in [0.1, 0.15) is 5.82 Å². The fourth-order valence-corrected chi connectivity index (χ4v) is 4.14. The average Bonchev–Trinajstić information content (AvgIpc) is 2.56. The molecule has 2 aliphatic rings. The monoisotopic (exact) mass is 416 g/mol. The van der Waals surface area contributed by atoms with Crippen molar-refractivity contribution in [3.8, 4) is 0 Å². The minimum Gasteiger partial charge on any atom is -0.314 e. The zero-order valence-corrected chi connectivity index (χ0v) is 16.2. The normalized spacial score (nSPS) is 20.8. The quantitative estimate of drug-likeness (QED) is 0.679. The Morgan fingerprint density at radius 2 is 1.62 bits per heavy atom. The van der Waals surface area contributed by atoms with Gasteiger partial charge in [-0.3, -0.25) is 4.90 Å². The smallest absolute Gasteiger partial charge is 0.314 e.